The molecule has 0 saturated heterocycles. The summed E-state index contributed by atoms with van der Waals surface area (Å²) in [6.45, 7) is 20.7. The van der Waals surface area contributed by atoms with Gasteiger partial charge in [0.2, 0.25) is 0 Å². The molecule has 0 amide bonds. The maximum Gasteiger partial charge on any atom is 0.0465 e. The number of hydrogen-bond donors (Lipinski definition) is 1. The SMILES string of the molecule is CCCCCCC1(CCCCCC)c2ccccc2-c2ccc(N(c3ccc(-c4ccc(-c5ccc(N(CC)C6=CC=C7c8ccccc8C(CCCCCC)(CCCCCC)C7C6)cc5)cc4)cc3)c3ccc(-c4ccc(C(C)(C5=CC=C(C6=c7ccccc7=C7CCC7C6)CC5)c5ccc(-c6ccc(CNC7=CC=C8c9ccccc9C(CCCCCC)(CCCCCC)C8C7)cc6)cc5)cc4)cc3)cc21. The quantitative estimate of drug-likeness (QED) is 0.0384. The number of hydrogen-bond acceptors (Lipinski definition) is 3. The molecular weight excluding hydrogens is 1720 g/mol. The minimum Gasteiger partial charge on any atom is -0.384 e. The van der Waals surface area contributed by atoms with Gasteiger partial charge >= 0.3 is 0 Å². The molecule has 1 N–H and O–H groups in total. The van der Waals surface area contributed by atoms with Crippen LogP contribution in [0.1, 0.15) is 343 Å². The molecule has 0 aliphatic heterocycles. The van der Waals surface area contributed by atoms with E-state index in [1.165, 1.54) is 351 Å². The average Bonchev–Trinajstić information content (AvgIpc) is 1.58. The molecule has 20 rings (SSSR count). The molecule has 0 spiro atoms. The fraction of sp³-hybridized carbons (Fsp3) is 0.386. The highest BCUT2D eigenvalue weighted by Gasteiger charge is 2.52. The normalized spacial score (nSPS) is 17.7. The molecule has 1 saturated carbocycles. The first-order chi connectivity index (χ1) is 70.4. The number of nitrogens with zero attached hydrogens (tertiary/aromatic N) is 2. The zero-order valence-corrected chi connectivity index (χ0v) is 87.8. The van der Waals surface area contributed by atoms with E-state index in [0.29, 0.717) is 17.8 Å². The molecule has 0 radical (unpaired) electrons. The van der Waals surface area contributed by atoms with Crippen LogP contribution in [-0.4, -0.2) is 6.54 Å². The van der Waals surface area contributed by atoms with Crippen LogP contribution < -0.4 is 25.6 Å². The van der Waals surface area contributed by atoms with Gasteiger partial charge in [-0.25, -0.2) is 0 Å². The summed E-state index contributed by atoms with van der Waals surface area (Å²) < 4.78 is 0. The Balaban J connectivity index is 0.579. The van der Waals surface area contributed by atoms with Crippen molar-refractivity contribution in [3.8, 4) is 55.6 Å². The van der Waals surface area contributed by atoms with Gasteiger partial charge in [0.05, 0.1) is 0 Å². The maximum atomic E-state index is 4.01. The molecule has 8 aliphatic rings. The van der Waals surface area contributed by atoms with Crippen molar-refractivity contribution in [1.82, 2.24) is 5.32 Å². The number of fused-ring (bicyclic) bond motifs is 11. The lowest BCUT2D eigenvalue weighted by molar-refractivity contribution is 0.268. The zero-order chi connectivity index (χ0) is 97.7. The first-order valence-corrected chi connectivity index (χ1v) is 56.9. The number of anilines is 4. The molecule has 12 aromatic rings. The van der Waals surface area contributed by atoms with Gasteiger partial charge in [0, 0.05) is 68.9 Å². The van der Waals surface area contributed by atoms with E-state index in [-0.39, 0.29) is 16.2 Å². The second-order valence-corrected chi connectivity index (χ2v) is 44.2. The van der Waals surface area contributed by atoms with Crippen molar-refractivity contribution in [1.29, 1.82) is 0 Å². The van der Waals surface area contributed by atoms with Crippen LogP contribution in [0.15, 0.2) is 344 Å². The third-order valence-corrected chi connectivity index (χ3v) is 35.9. The molecule has 0 bridgehead atoms. The van der Waals surface area contributed by atoms with Gasteiger partial charge in [0.15, 0.2) is 0 Å². The standard InChI is InChI=1S/C140H159N3/c1-9-16-22-36-90-138(91-37-23-17-10-2)131-47-33-30-44-124(131)127-87-77-115(97-134(127)138)141-100-101-50-52-102(53-51-101)105-58-71-112(72-59-105)137(8,114-75-62-110(63-76-114)130-96-111-70-86-121(111)122-42-28-29-43-123(122)130)113-73-60-106(61-74-113)109-68-82-118(83-69-109)143(120-85-89-129-126-46-32-35-49-133(126)140(136(129)99-120,94-40-26-20-13-5)95-41-27-21-14-6)117-80-66-108(67-81-117)104-56-54-103(55-57-104)107-64-78-116(79-65-107)142(15-7)119-84-88-128-125-45-31-34-48-132(125)139(135(128)98-119,92-38-24-18-11-3)93-39-25-19-12-4/h28-35,42-62,64-69,71-75,77-85,87-89,99,111,134-135,141H,9-27,36-41,63,70,76,86,90-98,100H2,1-8H3. The smallest absolute Gasteiger partial charge is 0.0465 e. The molecule has 0 heterocycles. The Bertz CT molecular complexity index is 6700. The summed E-state index contributed by atoms with van der Waals surface area (Å²) in [5.41, 5.74) is 42.9. The maximum absolute atomic E-state index is 4.01. The third kappa shape index (κ3) is 20.0. The van der Waals surface area contributed by atoms with Crippen molar-refractivity contribution in [2.24, 2.45) is 17.8 Å². The number of benzene rings is 12. The fourth-order valence-corrected chi connectivity index (χ4v) is 27.8. The fourth-order valence-electron chi connectivity index (χ4n) is 27.8. The van der Waals surface area contributed by atoms with Crippen LogP contribution in [0, 0.1) is 17.8 Å². The Labute approximate surface area is 859 Å². The Hall–Kier alpha value is -11.8. The summed E-state index contributed by atoms with van der Waals surface area (Å²) in [6, 6.07) is 112. The largest absolute Gasteiger partial charge is 0.384 e. The molecule has 3 nitrogen and oxygen atoms in total. The molecule has 12 aromatic carbocycles. The van der Waals surface area contributed by atoms with Crippen LogP contribution in [-0.2, 0) is 28.2 Å². The van der Waals surface area contributed by atoms with E-state index in [1.807, 2.05) is 0 Å². The summed E-state index contributed by atoms with van der Waals surface area (Å²) in [5.74, 6) is 1.71. The van der Waals surface area contributed by atoms with E-state index >= 15 is 0 Å². The molecular formula is C140H159N3. The monoisotopic (exact) mass is 1880 g/mol. The van der Waals surface area contributed by atoms with E-state index < -0.39 is 5.41 Å². The lowest BCUT2D eigenvalue weighted by atomic mass is 9.65. The number of allylic oxidation sites excluding steroid dienone is 12. The summed E-state index contributed by atoms with van der Waals surface area (Å²) in [4.78, 5) is 5.16. The van der Waals surface area contributed by atoms with Gasteiger partial charge in [0.25, 0.3) is 0 Å². The molecule has 1 fully saturated rings. The van der Waals surface area contributed by atoms with Gasteiger partial charge in [-0.1, -0.05) is 468 Å². The number of rotatable bonds is 47. The highest BCUT2D eigenvalue weighted by molar-refractivity contribution is 5.89. The van der Waals surface area contributed by atoms with Gasteiger partial charge in [0.1, 0.15) is 0 Å². The predicted molar refractivity (Wildman–Crippen MR) is 614 cm³/mol. The first kappa shape index (κ1) is 98.6. The van der Waals surface area contributed by atoms with Crippen LogP contribution >= 0.6 is 0 Å². The Kier molecular flexibility index (Phi) is 31.2. The van der Waals surface area contributed by atoms with Crippen molar-refractivity contribution >= 4 is 45.0 Å². The predicted octanol–water partition coefficient (Wildman–Crippen LogP) is 38.1. The molecule has 8 aliphatic carbocycles. The summed E-state index contributed by atoms with van der Waals surface area (Å²) in [7, 11) is 0. The second-order valence-electron chi connectivity index (χ2n) is 44.2. The van der Waals surface area contributed by atoms with E-state index in [4.69, 9.17) is 0 Å². The van der Waals surface area contributed by atoms with E-state index in [2.05, 4.69) is 392 Å². The molecule has 734 valence electrons. The van der Waals surface area contributed by atoms with Gasteiger partial charge in [-0.15, -0.1) is 0 Å². The van der Waals surface area contributed by atoms with Crippen molar-refractivity contribution < 1.29 is 0 Å². The molecule has 4 unspecified atom stereocenters. The van der Waals surface area contributed by atoms with Crippen LogP contribution in [0.5, 0.6) is 0 Å². The first-order valence-electron chi connectivity index (χ1n) is 56.9. The lowest BCUT2D eigenvalue weighted by Crippen LogP contribution is -2.39. The average molecular weight is 1880 g/mol. The number of nitrogens with one attached hydrogen (secondary N) is 1. The van der Waals surface area contributed by atoms with Gasteiger partial charge in [-0.05, 0) is 314 Å². The van der Waals surface area contributed by atoms with E-state index in [9.17, 15) is 0 Å². The van der Waals surface area contributed by atoms with Crippen molar-refractivity contribution in [2.45, 2.75) is 321 Å². The van der Waals surface area contributed by atoms with E-state index in [0.717, 1.165) is 50.1 Å². The highest BCUT2D eigenvalue weighted by atomic mass is 15.1. The summed E-state index contributed by atoms with van der Waals surface area (Å²) in [6.07, 6.45) is 61.4. The molecule has 0 aromatic heterocycles. The summed E-state index contributed by atoms with van der Waals surface area (Å²) in [5, 5.41) is 6.99. The minimum absolute atomic E-state index is 0.0547. The highest BCUT2D eigenvalue weighted by Crippen LogP contribution is 2.62. The Morgan fingerprint density at radius 1 is 0.322 bits per heavy atom. The van der Waals surface area contributed by atoms with Crippen molar-refractivity contribution in [2.75, 3.05) is 16.3 Å². The number of unbranched alkanes of at least 4 members (excludes halogenated alkanes) is 18. The molecule has 4 atom stereocenters. The summed E-state index contributed by atoms with van der Waals surface area (Å²) >= 11 is 0. The Morgan fingerprint density at radius 2 is 0.727 bits per heavy atom. The Morgan fingerprint density at radius 3 is 1.19 bits per heavy atom. The molecule has 143 heavy (non-hydrogen) atoms. The topological polar surface area (TPSA) is 18.5 Å². The molecule has 3 heteroatoms. The van der Waals surface area contributed by atoms with Crippen LogP contribution in [0.25, 0.3) is 77.9 Å². The van der Waals surface area contributed by atoms with Crippen molar-refractivity contribution in [3.05, 3.63) is 405 Å². The zero-order valence-electron chi connectivity index (χ0n) is 87.8. The van der Waals surface area contributed by atoms with Crippen LogP contribution in [0.3, 0.4) is 0 Å². The van der Waals surface area contributed by atoms with Gasteiger partial charge < -0.3 is 15.1 Å². The van der Waals surface area contributed by atoms with Crippen molar-refractivity contribution in [3.63, 3.8) is 0 Å². The van der Waals surface area contributed by atoms with Crippen LogP contribution in [0.4, 0.5) is 22.7 Å². The van der Waals surface area contributed by atoms with Gasteiger partial charge in [-0.3, -0.25) is 0 Å². The van der Waals surface area contributed by atoms with E-state index in [1.54, 1.807) is 33.4 Å². The second kappa shape index (κ2) is 45.2. The van der Waals surface area contributed by atoms with Gasteiger partial charge in [-0.2, -0.15) is 0 Å². The minimum atomic E-state index is -0.391. The van der Waals surface area contributed by atoms with Crippen LogP contribution in [0.2, 0.25) is 0 Å². The lowest BCUT2D eigenvalue weighted by Gasteiger charge is -2.41. The third-order valence-electron chi connectivity index (χ3n) is 35.9.